The van der Waals surface area contributed by atoms with E-state index in [1.54, 1.807) is 0 Å². The van der Waals surface area contributed by atoms with E-state index in [1.165, 1.54) is 78.2 Å². The second kappa shape index (κ2) is 12.2. The Kier molecular flexibility index (Phi) is 7.24. The van der Waals surface area contributed by atoms with E-state index in [1.807, 2.05) is 0 Å². The third-order valence-electron chi connectivity index (χ3n) is 10.2. The summed E-state index contributed by atoms with van der Waals surface area (Å²) in [5.74, 6) is 0. The zero-order valence-electron chi connectivity index (χ0n) is 27.1. The maximum Gasteiger partial charge on any atom is 0.0546 e. The fraction of sp³-hybridized carbons (Fsp3) is 0.106. The highest BCUT2D eigenvalue weighted by atomic mass is 15.1. The molecule has 7 aromatic carbocycles. The third kappa shape index (κ3) is 5.22. The molecule has 9 rings (SSSR count). The molecule has 0 N–H and O–H groups in total. The fourth-order valence-corrected chi connectivity index (χ4v) is 7.64. The van der Waals surface area contributed by atoms with Crippen LogP contribution in [-0.4, -0.2) is 0 Å². The lowest BCUT2D eigenvalue weighted by Crippen LogP contribution is -2.10. The van der Waals surface area contributed by atoms with Gasteiger partial charge in [-0.05, 0) is 135 Å². The molecule has 1 nitrogen and oxygen atoms in total. The lowest BCUT2D eigenvalue weighted by Gasteiger charge is -2.28. The van der Waals surface area contributed by atoms with Crippen molar-refractivity contribution in [3.05, 3.63) is 174 Å². The first-order valence-corrected chi connectivity index (χ1v) is 17.3. The first kappa shape index (κ1) is 28.6. The number of benzene rings is 7. The number of anilines is 3. The summed E-state index contributed by atoms with van der Waals surface area (Å²) in [7, 11) is 0. The van der Waals surface area contributed by atoms with Gasteiger partial charge < -0.3 is 4.90 Å². The van der Waals surface area contributed by atoms with Crippen LogP contribution in [0.1, 0.15) is 41.5 Å². The Morgan fingerprint density at radius 1 is 0.417 bits per heavy atom. The van der Waals surface area contributed by atoms with Gasteiger partial charge in [-0.15, -0.1) is 0 Å². The van der Waals surface area contributed by atoms with Crippen molar-refractivity contribution in [2.24, 2.45) is 0 Å². The molecule has 0 amide bonds. The lowest BCUT2D eigenvalue weighted by atomic mass is 9.93. The molecular weight excluding hydrogens is 579 g/mol. The maximum atomic E-state index is 2.43. The predicted molar refractivity (Wildman–Crippen MR) is 206 cm³/mol. The van der Waals surface area contributed by atoms with Gasteiger partial charge in [0.1, 0.15) is 0 Å². The van der Waals surface area contributed by atoms with Gasteiger partial charge in [0, 0.05) is 16.8 Å². The fourth-order valence-electron chi connectivity index (χ4n) is 7.64. The summed E-state index contributed by atoms with van der Waals surface area (Å²) in [5, 5.41) is 5.03. The number of fused-ring (bicyclic) bond motifs is 5. The molecule has 0 fully saturated rings. The average Bonchev–Trinajstić information content (AvgIpc) is 3.41. The van der Waals surface area contributed by atoms with Crippen molar-refractivity contribution in [2.45, 2.75) is 32.1 Å². The molecule has 7 aromatic rings. The summed E-state index contributed by atoms with van der Waals surface area (Å²) < 4.78 is 0. The van der Waals surface area contributed by atoms with Crippen molar-refractivity contribution in [1.82, 2.24) is 0 Å². The molecule has 0 aromatic heterocycles. The molecule has 230 valence electrons. The van der Waals surface area contributed by atoms with E-state index >= 15 is 0 Å². The lowest BCUT2D eigenvalue weighted by molar-refractivity contribution is 0.852. The molecule has 1 heteroatoms. The molecule has 0 unspecified atom stereocenters. The van der Waals surface area contributed by atoms with Gasteiger partial charge in [0.2, 0.25) is 0 Å². The van der Waals surface area contributed by atoms with Crippen LogP contribution in [0.15, 0.2) is 152 Å². The van der Waals surface area contributed by atoms with Crippen molar-refractivity contribution >= 4 is 50.8 Å². The maximum absolute atomic E-state index is 2.43. The van der Waals surface area contributed by atoms with E-state index in [4.69, 9.17) is 0 Å². The highest BCUT2D eigenvalue weighted by Gasteiger charge is 2.18. The molecule has 0 spiro atoms. The van der Waals surface area contributed by atoms with Gasteiger partial charge in [-0.3, -0.25) is 0 Å². The van der Waals surface area contributed by atoms with Crippen LogP contribution >= 0.6 is 0 Å². The largest absolute Gasteiger partial charge is 0.310 e. The van der Waals surface area contributed by atoms with E-state index in [2.05, 4.69) is 169 Å². The van der Waals surface area contributed by atoms with Gasteiger partial charge >= 0.3 is 0 Å². The molecule has 2 aliphatic rings. The van der Waals surface area contributed by atoms with Crippen molar-refractivity contribution in [1.29, 1.82) is 0 Å². The molecular formula is C47H37N. The minimum absolute atomic E-state index is 1.13. The monoisotopic (exact) mass is 615 g/mol. The Morgan fingerprint density at radius 2 is 0.958 bits per heavy atom. The highest BCUT2D eigenvalue weighted by Crippen LogP contribution is 2.43. The first-order chi connectivity index (χ1) is 23.8. The Morgan fingerprint density at radius 3 is 1.62 bits per heavy atom. The summed E-state index contributed by atoms with van der Waals surface area (Å²) in [6.45, 7) is 0. The second-order valence-corrected chi connectivity index (χ2v) is 13.2. The number of hydrogen-bond donors (Lipinski definition) is 0. The van der Waals surface area contributed by atoms with E-state index in [-0.39, 0.29) is 0 Å². The van der Waals surface area contributed by atoms with Crippen molar-refractivity contribution < 1.29 is 0 Å². The highest BCUT2D eigenvalue weighted by molar-refractivity contribution is 6.14. The van der Waals surface area contributed by atoms with E-state index in [9.17, 15) is 0 Å². The summed E-state index contributed by atoms with van der Waals surface area (Å²) in [6.07, 6.45) is 15.0. The molecule has 0 atom stereocenters. The SMILES string of the molecule is C1=Cc2cc(-c3ccc(N(c4ccc(-c5ccc6c(c5)C=CCC6)cc4)c4cc5ccccc5c5ccccc45)cc3)ccc2CCC1. The van der Waals surface area contributed by atoms with Crippen LogP contribution in [0.2, 0.25) is 0 Å². The molecule has 48 heavy (non-hydrogen) atoms. The summed E-state index contributed by atoms with van der Waals surface area (Å²) >= 11 is 0. The zero-order chi connectivity index (χ0) is 31.9. The van der Waals surface area contributed by atoms with E-state index < -0.39 is 0 Å². The smallest absolute Gasteiger partial charge is 0.0546 e. The van der Waals surface area contributed by atoms with Gasteiger partial charge in [-0.1, -0.05) is 121 Å². The molecule has 0 saturated heterocycles. The molecule has 0 heterocycles. The molecule has 0 aliphatic heterocycles. The van der Waals surface area contributed by atoms with Gasteiger partial charge in [-0.2, -0.15) is 0 Å². The quantitative estimate of drug-likeness (QED) is 0.174. The van der Waals surface area contributed by atoms with Crippen LogP contribution in [0.4, 0.5) is 17.1 Å². The number of hydrogen-bond acceptors (Lipinski definition) is 1. The van der Waals surface area contributed by atoms with Crippen molar-refractivity contribution in [2.75, 3.05) is 4.90 Å². The number of aryl methyl sites for hydroxylation is 2. The standard InChI is InChI=1S/C47H37N/c1-2-10-33-18-20-39(30-37(33)12-3-1)35-22-26-42(27-23-35)48(47-32-41-14-6-7-15-44(41)45-16-8-9-17-46(45)47)43-28-24-36(25-29-43)40-21-19-34-11-4-5-13-38(34)31-40/h3,5-9,12-32H,1-2,4,10-11H2. The number of nitrogens with zero attached hydrogens (tertiary/aromatic N) is 1. The Hall–Kier alpha value is -5.66. The molecule has 0 radical (unpaired) electrons. The van der Waals surface area contributed by atoms with Crippen molar-refractivity contribution in [3.8, 4) is 22.3 Å². The van der Waals surface area contributed by atoms with E-state index in [0.29, 0.717) is 0 Å². The summed E-state index contributed by atoms with van der Waals surface area (Å²) in [5.41, 5.74) is 14.0. The zero-order valence-corrected chi connectivity index (χ0v) is 27.1. The first-order valence-electron chi connectivity index (χ1n) is 17.3. The third-order valence-corrected chi connectivity index (χ3v) is 10.2. The molecule has 0 saturated carbocycles. The van der Waals surface area contributed by atoms with Crippen LogP contribution in [-0.2, 0) is 12.8 Å². The van der Waals surface area contributed by atoms with Gasteiger partial charge in [0.25, 0.3) is 0 Å². The molecule has 2 aliphatic carbocycles. The summed E-state index contributed by atoms with van der Waals surface area (Å²) in [6, 6.07) is 52.0. The van der Waals surface area contributed by atoms with Crippen molar-refractivity contribution in [3.63, 3.8) is 0 Å². The van der Waals surface area contributed by atoms with Crippen LogP contribution in [0.25, 0.3) is 56.0 Å². The van der Waals surface area contributed by atoms with Gasteiger partial charge in [0.05, 0.1) is 5.69 Å². The second-order valence-electron chi connectivity index (χ2n) is 13.2. The average molecular weight is 616 g/mol. The van der Waals surface area contributed by atoms with Crippen LogP contribution in [0.3, 0.4) is 0 Å². The minimum Gasteiger partial charge on any atom is -0.310 e. The van der Waals surface area contributed by atoms with Crippen LogP contribution in [0.5, 0.6) is 0 Å². The summed E-state index contributed by atoms with van der Waals surface area (Å²) in [4.78, 5) is 2.43. The molecule has 0 bridgehead atoms. The topological polar surface area (TPSA) is 3.24 Å². The number of allylic oxidation sites excluding steroid dienone is 2. The Labute approximate surface area is 283 Å². The van der Waals surface area contributed by atoms with Crippen LogP contribution < -0.4 is 4.90 Å². The normalized spacial score (nSPS) is 13.7. The Balaban J connectivity index is 1.16. The van der Waals surface area contributed by atoms with Crippen LogP contribution in [0, 0.1) is 0 Å². The minimum atomic E-state index is 1.13. The Bertz CT molecular complexity index is 2360. The van der Waals surface area contributed by atoms with Gasteiger partial charge in [0.15, 0.2) is 0 Å². The van der Waals surface area contributed by atoms with Gasteiger partial charge in [-0.25, -0.2) is 0 Å². The van der Waals surface area contributed by atoms with E-state index in [0.717, 1.165) is 37.1 Å². The number of rotatable bonds is 5. The predicted octanol–water partition coefficient (Wildman–Crippen LogP) is 13.1.